The molecule has 3 rings (SSSR count). The standard InChI is InChI=1S/C17H19N3O/c18-11-15(13-5-2-1-3-6-13)17(21)20-10-8-16-14(12-20)7-4-9-19-16/h1-7,9,15H,8,10-12,18H2. The average Bonchev–Trinajstić information content (AvgIpc) is 2.56. The summed E-state index contributed by atoms with van der Waals surface area (Å²) in [5, 5.41) is 0. The van der Waals surface area contributed by atoms with Crippen molar-refractivity contribution in [2.24, 2.45) is 5.73 Å². The molecule has 4 nitrogen and oxygen atoms in total. The van der Waals surface area contributed by atoms with Gasteiger partial charge >= 0.3 is 0 Å². The zero-order valence-electron chi connectivity index (χ0n) is 11.9. The summed E-state index contributed by atoms with van der Waals surface area (Å²) in [5.74, 6) is -0.150. The van der Waals surface area contributed by atoms with Crippen molar-refractivity contribution in [2.75, 3.05) is 13.1 Å². The number of nitrogens with two attached hydrogens (primary N) is 1. The van der Waals surface area contributed by atoms with Crippen LogP contribution >= 0.6 is 0 Å². The van der Waals surface area contributed by atoms with Crippen molar-refractivity contribution in [3.05, 3.63) is 65.5 Å². The van der Waals surface area contributed by atoms with Gasteiger partial charge < -0.3 is 10.6 Å². The number of benzene rings is 1. The van der Waals surface area contributed by atoms with Crippen LogP contribution in [0.5, 0.6) is 0 Å². The third-order valence-electron chi connectivity index (χ3n) is 4.01. The smallest absolute Gasteiger partial charge is 0.231 e. The predicted octanol–water partition coefficient (Wildman–Crippen LogP) is 1.71. The summed E-state index contributed by atoms with van der Waals surface area (Å²) in [5.41, 5.74) is 9.08. The maximum absolute atomic E-state index is 12.8. The number of pyridine rings is 1. The first kappa shape index (κ1) is 13.8. The zero-order chi connectivity index (χ0) is 14.7. The Hall–Kier alpha value is -2.20. The van der Waals surface area contributed by atoms with E-state index < -0.39 is 0 Å². The molecule has 2 N–H and O–H groups in total. The Balaban J connectivity index is 1.79. The minimum atomic E-state index is -0.260. The van der Waals surface area contributed by atoms with Crippen molar-refractivity contribution >= 4 is 5.91 Å². The molecule has 0 aliphatic carbocycles. The number of aromatic nitrogens is 1. The normalized spacial score (nSPS) is 15.4. The molecular weight excluding hydrogens is 262 g/mol. The molecule has 0 bridgehead atoms. The van der Waals surface area contributed by atoms with Crippen LogP contribution in [0.4, 0.5) is 0 Å². The first-order chi connectivity index (χ1) is 10.3. The summed E-state index contributed by atoms with van der Waals surface area (Å²) in [6.45, 7) is 1.68. The van der Waals surface area contributed by atoms with Crippen LogP contribution in [0.3, 0.4) is 0 Å². The second kappa shape index (κ2) is 6.06. The molecule has 1 aliphatic rings. The van der Waals surface area contributed by atoms with Gasteiger partial charge in [0.1, 0.15) is 0 Å². The van der Waals surface area contributed by atoms with Crippen LogP contribution in [0.1, 0.15) is 22.7 Å². The Morgan fingerprint density at radius 3 is 2.81 bits per heavy atom. The van der Waals surface area contributed by atoms with E-state index in [-0.39, 0.29) is 11.8 Å². The molecule has 1 aromatic heterocycles. The number of carbonyl (C=O) groups is 1. The Bertz CT molecular complexity index is 627. The Morgan fingerprint density at radius 1 is 1.24 bits per heavy atom. The third kappa shape index (κ3) is 2.81. The molecule has 1 atom stereocenters. The van der Waals surface area contributed by atoms with Crippen molar-refractivity contribution in [2.45, 2.75) is 18.9 Å². The SMILES string of the molecule is NCC(C(=O)N1CCc2ncccc2C1)c1ccccc1. The van der Waals surface area contributed by atoms with Crippen LogP contribution in [-0.4, -0.2) is 28.9 Å². The number of fused-ring (bicyclic) bond motifs is 1. The Kier molecular flexibility index (Phi) is 3.97. The predicted molar refractivity (Wildman–Crippen MR) is 81.6 cm³/mol. The summed E-state index contributed by atoms with van der Waals surface area (Å²) in [4.78, 5) is 19.0. The summed E-state index contributed by atoms with van der Waals surface area (Å²) in [7, 11) is 0. The highest BCUT2D eigenvalue weighted by molar-refractivity contribution is 5.84. The summed E-state index contributed by atoms with van der Waals surface area (Å²) < 4.78 is 0. The summed E-state index contributed by atoms with van der Waals surface area (Å²) in [6.07, 6.45) is 2.62. The van der Waals surface area contributed by atoms with Gasteiger partial charge in [-0.25, -0.2) is 0 Å². The lowest BCUT2D eigenvalue weighted by Crippen LogP contribution is -2.41. The lowest BCUT2D eigenvalue weighted by molar-refractivity contribution is -0.133. The van der Waals surface area contributed by atoms with Gasteiger partial charge in [-0.1, -0.05) is 36.4 Å². The molecule has 21 heavy (non-hydrogen) atoms. The van der Waals surface area contributed by atoms with E-state index in [0.29, 0.717) is 19.6 Å². The molecule has 0 spiro atoms. The first-order valence-corrected chi connectivity index (χ1v) is 7.26. The molecule has 1 aliphatic heterocycles. The van der Waals surface area contributed by atoms with Crippen LogP contribution in [0.25, 0.3) is 0 Å². The second-order valence-corrected chi connectivity index (χ2v) is 5.32. The van der Waals surface area contributed by atoms with Crippen molar-refractivity contribution < 1.29 is 4.79 Å². The monoisotopic (exact) mass is 281 g/mol. The van der Waals surface area contributed by atoms with E-state index in [1.807, 2.05) is 53.6 Å². The number of nitrogens with zero attached hydrogens (tertiary/aromatic N) is 2. The van der Waals surface area contributed by atoms with E-state index in [0.717, 1.165) is 23.2 Å². The van der Waals surface area contributed by atoms with E-state index in [1.54, 1.807) is 0 Å². The average molecular weight is 281 g/mol. The van der Waals surface area contributed by atoms with Crippen molar-refractivity contribution in [1.82, 2.24) is 9.88 Å². The molecular formula is C17H19N3O. The lowest BCUT2D eigenvalue weighted by atomic mass is 9.96. The molecule has 0 saturated heterocycles. The fraction of sp³-hybridized carbons (Fsp3) is 0.294. The number of hydrogen-bond donors (Lipinski definition) is 1. The van der Waals surface area contributed by atoms with Gasteiger partial charge in [0.25, 0.3) is 0 Å². The maximum Gasteiger partial charge on any atom is 0.231 e. The van der Waals surface area contributed by atoms with Crippen LogP contribution in [0.2, 0.25) is 0 Å². The molecule has 0 fully saturated rings. The van der Waals surface area contributed by atoms with Crippen molar-refractivity contribution in [1.29, 1.82) is 0 Å². The molecule has 1 amide bonds. The molecule has 0 radical (unpaired) electrons. The minimum Gasteiger partial charge on any atom is -0.337 e. The Labute approximate surface area is 124 Å². The van der Waals surface area contributed by atoms with E-state index in [9.17, 15) is 4.79 Å². The lowest BCUT2D eigenvalue weighted by Gasteiger charge is -2.31. The van der Waals surface area contributed by atoms with Gasteiger partial charge in [-0.05, 0) is 17.2 Å². The number of carbonyl (C=O) groups excluding carboxylic acids is 1. The van der Waals surface area contributed by atoms with Gasteiger partial charge in [-0.2, -0.15) is 0 Å². The van der Waals surface area contributed by atoms with E-state index in [1.165, 1.54) is 0 Å². The fourth-order valence-corrected chi connectivity index (χ4v) is 2.84. The quantitative estimate of drug-likeness (QED) is 0.931. The van der Waals surface area contributed by atoms with E-state index in [2.05, 4.69) is 4.98 Å². The van der Waals surface area contributed by atoms with Crippen LogP contribution in [-0.2, 0) is 17.8 Å². The minimum absolute atomic E-state index is 0.109. The summed E-state index contributed by atoms with van der Waals surface area (Å²) >= 11 is 0. The number of hydrogen-bond acceptors (Lipinski definition) is 3. The van der Waals surface area contributed by atoms with E-state index in [4.69, 9.17) is 5.73 Å². The van der Waals surface area contributed by atoms with Gasteiger partial charge in [0.2, 0.25) is 5.91 Å². The largest absolute Gasteiger partial charge is 0.337 e. The van der Waals surface area contributed by atoms with Crippen molar-refractivity contribution in [3.8, 4) is 0 Å². The van der Waals surface area contributed by atoms with Gasteiger partial charge in [-0.15, -0.1) is 0 Å². The highest BCUT2D eigenvalue weighted by Crippen LogP contribution is 2.22. The molecule has 1 unspecified atom stereocenters. The van der Waals surface area contributed by atoms with E-state index >= 15 is 0 Å². The van der Waals surface area contributed by atoms with Crippen molar-refractivity contribution in [3.63, 3.8) is 0 Å². The van der Waals surface area contributed by atoms with Crippen LogP contribution in [0, 0.1) is 0 Å². The number of rotatable bonds is 3. The topological polar surface area (TPSA) is 59.2 Å². The molecule has 108 valence electrons. The molecule has 2 heterocycles. The van der Waals surface area contributed by atoms with Crippen LogP contribution in [0.15, 0.2) is 48.7 Å². The van der Waals surface area contributed by atoms with Gasteiger partial charge in [0.15, 0.2) is 0 Å². The molecule has 4 heteroatoms. The molecule has 0 saturated carbocycles. The fourth-order valence-electron chi connectivity index (χ4n) is 2.84. The molecule has 1 aromatic carbocycles. The zero-order valence-corrected chi connectivity index (χ0v) is 11.9. The number of amides is 1. The van der Waals surface area contributed by atoms with Gasteiger partial charge in [0, 0.05) is 37.9 Å². The first-order valence-electron chi connectivity index (χ1n) is 7.26. The third-order valence-corrected chi connectivity index (χ3v) is 4.01. The summed E-state index contributed by atoms with van der Waals surface area (Å²) in [6, 6.07) is 13.7. The van der Waals surface area contributed by atoms with Crippen LogP contribution < -0.4 is 5.73 Å². The highest BCUT2D eigenvalue weighted by atomic mass is 16.2. The van der Waals surface area contributed by atoms with Gasteiger partial charge in [0.05, 0.1) is 5.92 Å². The Morgan fingerprint density at radius 2 is 2.05 bits per heavy atom. The highest BCUT2D eigenvalue weighted by Gasteiger charge is 2.27. The molecule has 2 aromatic rings. The van der Waals surface area contributed by atoms with Gasteiger partial charge in [-0.3, -0.25) is 9.78 Å². The second-order valence-electron chi connectivity index (χ2n) is 5.32. The maximum atomic E-state index is 12.8.